The molecule has 2 nitrogen and oxygen atoms in total. The van der Waals surface area contributed by atoms with E-state index in [2.05, 4.69) is 46.5 Å². The molecule has 0 aromatic rings. The second-order valence-corrected chi connectivity index (χ2v) is 12.2. The smallest absolute Gasteiger partial charge is 0.185 e. The van der Waals surface area contributed by atoms with Crippen LogP contribution in [0.2, 0.25) is 19.6 Å². The van der Waals surface area contributed by atoms with Crippen molar-refractivity contribution in [2.24, 2.45) is 16.7 Å². The number of nitrogens with zero attached hydrogens (tertiary/aromatic N) is 1. The Labute approximate surface area is 106 Å². The van der Waals surface area contributed by atoms with E-state index in [1.54, 1.807) is 0 Å². The van der Waals surface area contributed by atoms with Crippen molar-refractivity contribution in [3.63, 3.8) is 0 Å². The van der Waals surface area contributed by atoms with E-state index in [0.29, 0.717) is 5.92 Å². The number of fused-ring (bicyclic) bond motifs is 2. The molecule has 3 atom stereocenters. The first-order valence-electron chi connectivity index (χ1n) is 6.69. The highest BCUT2D eigenvalue weighted by Gasteiger charge is 2.71. The molecule has 0 saturated heterocycles. The monoisotopic (exact) mass is 251 g/mol. The molecule has 0 N–H and O–H groups in total. The second kappa shape index (κ2) is 3.36. The van der Waals surface area contributed by atoms with Crippen LogP contribution in [-0.2, 0) is 4.43 Å². The van der Waals surface area contributed by atoms with Crippen LogP contribution in [-0.4, -0.2) is 13.9 Å². The zero-order valence-electron chi connectivity index (χ0n) is 12.1. The minimum absolute atomic E-state index is 0.00493. The first kappa shape index (κ1) is 13.1. The number of hydrogen-bond donors (Lipinski definition) is 0. The van der Waals surface area contributed by atoms with E-state index in [1.807, 2.05) is 0 Å². The average Bonchev–Trinajstić information content (AvgIpc) is 2.61. The maximum absolute atomic E-state index is 9.85. The van der Waals surface area contributed by atoms with Gasteiger partial charge in [0, 0.05) is 10.8 Å². The Morgan fingerprint density at radius 1 is 1.24 bits per heavy atom. The van der Waals surface area contributed by atoms with Crippen LogP contribution in [0.1, 0.15) is 40.0 Å². The summed E-state index contributed by atoms with van der Waals surface area (Å²) in [6.07, 6.45) is 3.58. The lowest BCUT2D eigenvalue weighted by Crippen LogP contribution is -2.58. The summed E-state index contributed by atoms with van der Waals surface area (Å²) in [7, 11) is -1.71. The van der Waals surface area contributed by atoms with E-state index in [9.17, 15) is 5.26 Å². The van der Waals surface area contributed by atoms with Gasteiger partial charge in [-0.15, -0.1) is 0 Å². The maximum Gasteiger partial charge on any atom is 0.185 e. The molecule has 2 aliphatic carbocycles. The predicted octanol–water partition coefficient (Wildman–Crippen LogP) is 3.95. The number of hydrogen-bond acceptors (Lipinski definition) is 2. The van der Waals surface area contributed by atoms with Crippen LogP contribution in [0.25, 0.3) is 0 Å². The molecular formula is C14H25NOSi. The minimum Gasteiger partial charge on any atom is -0.399 e. The summed E-state index contributed by atoms with van der Waals surface area (Å²) in [6.45, 7) is 13.3. The van der Waals surface area contributed by atoms with Gasteiger partial charge in [0.1, 0.15) is 0 Å². The molecular weight excluding hydrogens is 226 g/mol. The molecule has 2 saturated carbocycles. The van der Waals surface area contributed by atoms with Gasteiger partial charge < -0.3 is 4.43 Å². The molecule has 2 aliphatic rings. The Kier molecular flexibility index (Phi) is 2.59. The summed E-state index contributed by atoms with van der Waals surface area (Å²) in [5, 5.41) is 9.85. The Bertz CT molecular complexity index is 372. The van der Waals surface area contributed by atoms with Gasteiger partial charge >= 0.3 is 0 Å². The second-order valence-electron chi connectivity index (χ2n) is 7.73. The van der Waals surface area contributed by atoms with Crippen LogP contribution < -0.4 is 0 Å². The number of nitriles is 1. The fourth-order valence-electron chi connectivity index (χ4n) is 4.26. The third-order valence-corrected chi connectivity index (χ3v) is 6.05. The quantitative estimate of drug-likeness (QED) is 0.696. The molecule has 0 aliphatic heterocycles. The molecule has 3 heteroatoms. The van der Waals surface area contributed by atoms with Gasteiger partial charge in [-0.05, 0) is 44.8 Å². The van der Waals surface area contributed by atoms with Gasteiger partial charge in [-0.3, -0.25) is 0 Å². The topological polar surface area (TPSA) is 33.0 Å². The average molecular weight is 251 g/mol. The first-order valence-corrected chi connectivity index (χ1v) is 10.1. The molecule has 0 amide bonds. The van der Waals surface area contributed by atoms with E-state index in [1.165, 1.54) is 6.42 Å². The van der Waals surface area contributed by atoms with Gasteiger partial charge in [-0.2, -0.15) is 5.26 Å². The first-order chi connectivity index (χ1) is 7.58. The molecule has 17 heavy (non-hydrogen) atoms. The lowest BCUT2D eigenvalue weighted by Gasteiger charge is -2.51. The lowest BCUT2D eigenvalue weighted by atomic mass is 9.61. The molecule has 0 aromatic carbocycles. The third kappa shape index (κ3) is 1.53. The van der Waals surface area contributed by atoms with Crippen molar-refractivity contribution >= 4 is 8.32 Å². The molecule has 2 bridgehead atoms. The molecule has 2 rings (SSSR count). The van der Waals surface area contributed by atoms with Crippen LogP contribution in [0.3, 0.4) is 0 Å². The van der Waals surface area contributed by atoms with Crippen molar-refractivity contribution in [1.29, 1.82) is 5.26 Å². The normalized spacial score (nSPS) is 43.7. The highest BCUT2D eigenvalue weighted by Crippen LogP contribution is 2.69. The summed E-state index contributed by atoms with van der Waals surface area (Å²) in [5.41, 5.74) is -0.501. The van der Waals surface area contributed by atoms with Crippen molar-refractivity contribution in [2.75, 3.05) is 0 Å². The van der Waals surface area contributed by atoms with E-state index >= 15 is 0 Å². The fraction of sp³-hybridized carbons (Fsp3) is 0.929. The van der Waals surface area contributed by atoms with Gasteiger partial charge in [-0.1, -0.05) is 20.8 Å². The standard InChI is InChI=1S/C14H25NOSi/c1-12(2)11-7-8-13(3,9-11)14(12,10-15)16-17(4,5)6/h11H,7-9H2,1-6H3/t11-,13+,14+/m0/s1. The van der Waals surface area contributed by atoms with Crippen LogP contribution in [0.15, 0.2) is 0 Å². The summed E-state index contributed by atoms with van der Waals surface area (Å²) >= 11 is 0. The molecule has 0 unspecified atom stereocenters. The van der Waals surface area contributed by atoms with Crippen molar-refractivity contribution in [3.8, 4) is 6.07 Å². The van der Waals surface area contributed by atoms with Crippen LogP contribution in [0, 0.1) is 28.1 Å². The van der Waals surface area contributed by atoms with E-state index in [4.69, 9.17) is 4.43 Å². The lowest BCUT2D eigenvalue weighted by molar-refractivity contribution is -0.0822. The Hall–Kier alpha value is -0.333. The predicted molar refractivity (Wildman–Crippen MR) is 72.0 cm³/mol. The molecule has 0 heterocycles. The largest absolute Gasteiger partial charge is 0.399 e. The fourth-order valence-corrected chi connectivity index (χ4v) is 5.73. The summed E-state index contributed by atoms with van der Waals surface area (Å²) < 4.78 is 6.47. The van der Waals surface area contributed by atoms with Crippen LogP contribution in [0.4, 0.5) is 0 Å². The Morgan fingerprint density at radius 2 is 1.82 bits per heavy atom. The van der Waals surface area contributed by atoms with Crippen molar-refractivity contribution in [2.45, 2.75) is 65.3 Å². The summed E-state index contributed by atoms with van der Waals surface area (Å²) in [4.78, 5) is 0. The van der Waals surface area contributed by atoms with Crippen molar-refractivity contribution in [3.05, 3.63) is 0 Å². The summed E-state index contributed by atoms with van der Waals surface area (Å²) in [5.74, 6) is 0.656. The van der Waals surface area contributed by atoms with E-state index < -0.39 is 13.9 Å². The zero-order chi connectivity index (χ0) is 13.1. The molecule has 0 aromatic heterocycles. The Balaban J connectivity index is 2.49. The number of rotatable bonds is 2. The van der Waals surface area contributed by atoms with Gasteiger partial charge in [-0.25, -0.2) is 0 Å². The van der Waals surface area contributed by atoms with E-state index in [0.717, 1.165) is 12.8 Å². The molecule has 0 spiro atoms. The highest BCUT2D eigenvalue weighted by atomic mass is 28.4. The van der Waals surface area contributed by atoms with Crippen LogP contribution >= 0.6 is 0 Å². The van der Waals surface area contributed by atoms with Crippen LogP contribution in [0.5, 0.6) is 0 Å². The van der Waals surface area contributed by atoms with Gasteiger partial charge in [0.05, 0.1) is 6.07 Å². The molecule has 0 radical (unpaired) electrons. The molecule has 96 valence electrons. The van der Waals surface area contributed by atoms with Gasteiger partial charge in [0.2, 0.25) is 0 Å². The van der Waals surface area contributed by atoms with Crippen molar-refractivity contribution < 1.29 is 4.43 Å². The zero-order valence-corrected chi connectivity index (χ0v) is 13.1. The highest BCUT2D eigenvalue weighted by molar-refractivity contribution is 6.69. The van der Waals surface area contributed by atoms with Gasteiger partial charge in [0.15, 0.2) is 13.9 Å². The van der Waals surface area contributed by atoms with Gasteiger partial charge in [0.25, 0.3) is 0 Å². The SMILES string of the molecule is CC1(C)[C@H]2CC[C@](C)(C2)[C@]1(C#N)O[Si](C)(C)C. The third-order valence-electron chi connectivity index (χ3n) is 5.14. The Morgan fingerprint density at radius 3 is 2.18 bits per heavy atom. The van der Waals surface area contributed by atoms with Crippen molar-refractivity contribution in [1.82, 2.24) is 0 Å². The summed E-state index contributed by atoms with van der Waals surface area (Å²) in [6, 6.07) is 2.61. The van der Waals surface area contributed by atoms with E-state index in [-0.39, 0.29) is 10.8 Å². The maximum atomic E-state index is 9.85. The minimum atomic E-state index is -1.71. The molecule has 2 fully saturated rings.